The van der Waals surface area contributed by atoms with Crippen molar-refractivity contribution < 1.29 is 19.1 Å². The summed E-state index contributed by atoms with van der Waals surface area (Å²) in [6.45, 7) is 0. The molecule has 140 valence electrons. The summed E-state index contributed by atoms with van der Waals surface area (Å²) in [4.78, 5) is 31.7. The summed E-state index contributed by atoms with van der Waals surface area (Å²) in [7, 11) is 0. The van der Waals surface area contributed by atoms with E-state index in [-0.39, 0.29) is 0 Å². The quantitative estimate of drug-likeness (QED) is 0.571. The molecule has 0 saturated heterocycles. The van der Waals surface area contributed by atoms with E-state index in [0.29, 0.717) is 34.9 Å². The number of carboxylic acids is 1. The molecule has 2 heterocycles. The van der Waals surface area contributed by atoms with Crippen LogP contribution in [0.3, 0.4) is 0 Å². The van der Waals surface area contributed by atoms with Crippen LogP contribution in [-0.4, -0.2) is 45.1 Å². The van der Waals surface area contributed by atoms with E-state index in [9.17, 15) is 14.7 Å². The second kappa shape index (κ2) is 8.54. The predicted octanol–water partition coefficient (Wildman–Crippen LogP) is 3.22. The summed E-state index contributed by atoms with van der Waals surface area (Å²) >= 11 is 1.52. The number of carbonyl (C=O) groups excluding carboxylic acids is 1. The van der Waals surface area contributed by atoms with Crippen molar-refractivity contribution >= 4 is 40.5 Å². The number of urea groups is 1. The zero-order valence-electron chi connectivity index (χ0n) is 14.5. The summed E-state index contributed by atoms with van der Waals surface area (Å²) in [5, 5.41) is 14.3. The number of carbonyl (C=O) groups is 2. The maximum Gasteiger partial charge on any atom is 0.326 e. The number of benzene rings is 1. The fraction of sp³-hybridized carbons (Fsp3) is 0.222. The molecule has 9 heteroatoms. The molecular weight excluding hydrogens is 368 g/mol. The Balaban J connectivity index is 1.71. The van der Waals surface area contributed by atoms with Crippen molar-refractivity contribution in [3.05, 3.63) is 42.7 Å². The molecule has 0 aliphatic carbocycles. The van der Waals surface area contributed by atoms with Crippen LogP contribution in [0.5, 0.6) is 0 Å². The third-order valence-electron chi connectivity index (χ3n) is 3.79. The molecule has 0 saturated carbocycles. The summed E-state index contributed by atoms with van der Waals surface area (Å²) in [5.74, 6) is 0.0325. The van der Waals surface area contributed by atoms with Crippen LogP contribution in [0.1, 0.15) is 6.42 Å². The fourth-order valence-corrected chi connectivity index (χ4v) is 2.91. The second-order valence-corrected chi connectivity index (χ2v) is 6.69. The van der Waals surface area contributed by atoms with Crippen molar-refractivity contribution in [2.45, 2.75) is 12.5 Å². The molecule has 3 N–H and O–H groups in total. The molecule has 0 fully saturated rings. The average molecular weight is 386 g/mol. The number of oxazole rings is 1. The lowest BCUT2D eigenvalue weighted by molar-refractivity contribution is -0.139. The molecule has 3 aromatic rings. The number of anilines is 1. The van der Waals surface area contributed by atoms with E-state index >= 15 is 0 Å². The van der Waals surface area contributed by atoms with Crippen LogP contribution < -0.4 is 10.6 Å². The first-order valence-corrected chi connectivity index (χ1v) is 9.56. The Morgan fingerprint density at radius 1 is 1.26 bits per heavy atom. The van der Waals surface area contributed by atoms with Gasteiger partial charge in [0.1, 0.15) is 11.6 Å². The highest BCUT2D eigenvalue weighted by Gasteiger charge is 2.19. The molecule has 27 heavy (non-hydrogen) atoms. The monoisotopic (exact) mass is 386 g/mol. The number of carboxylic acid groups (broad SMARTS) is 1. The maximum absolute atomic E-state index is 12.1. The number of aromatic nitrogens is 2. The number of hydrogen-bond acceptors (Lipinski definition) is 6. The number of rotatable bonds is 7. The summed E-state index contributed by atoms with van der Waals surface area (Å²) < 4.78 is 5.71. The molecule has 0 aliphatic heterocycles. The predicted molar refractivity (Wildman–Crippen MR) is 104 cm³/mol. The molecule has 0 aliphatic rings. The number of hydrogen-bond donors (Lipinski definition) is 3. The zero-order chi connectivity index (χ0) is 19.2. The Labute approximate surface area is 159 Å². The van der Waals surface area contributed by atoms with Crippen LogP contribution >= 0.6 is 11.8 Å². The van der Waals surface area contributed by atoms with Crippen LogP contribution in [0.25, 0.3) is 22.6 Å². The van der Waals surface area contributed by atoms with Gasteiger partial charge in [-0.25, -0.2) is 14.6 Å². The minimum Gasteiger partial charge on any atom is -0.480 e. The minimum absolute atomic E-state index is 0.349. The molecule has 1 aromatic carbocycles. The number of nitrogens with one attached hydrogen (secondary N) is 2. The van der Waals surface area contributed by atoms with Crippen LogP contribution in [-0.2, 0) is 4.79 Å². The molecule has 1 unspecified atom stereocenters. The summed E-state index contributed by atoms with van der Waals surface area (Å²) in [5.41, 5.74) is 2.45. The molecule has 2 aromatic heterocycles. The first-order valence-electron chi connectivity index (χ1n) is 8.17. The summed E-state index contributed by atoms with van der Waals surface area (Å²) in [6, 6.07) is 7.09. The number of fused-ring (bicyclic) bond motifs is 1. The second-order valence-electron chi connectivity index (χ2n) is 5.71. The zero-order valence-corrected chi connectivity index (χ0v) is 15.3. The van der Waals surface area contributed by atoms with Crippen molar-refractivity contribution in [2.24, 2.45) is 0 Å². The number of amides is 2. The Bertz CT molecular complexity index is 945. The van der Waals surface area contributed by atoms with Crippen LogP contribution in [0.2, 0.25) is 0 Å². The van der Waals surface area contributed by atoms with Gasteiger partial charge in [-0.15, -0.1) is 0 Å². The van der Waals surface area contributed by atoms with E-state index in [2.05, 4.69) is 20.6 Å². The van der Waals surface area contributed by atoms with Crippen LogP contribution in [0.15, 0.2) is 47.1 Å². The van der Waals surface area contributed by atoms with Crippen molar-refractivity contribution in [2.75, 3.05) is 17.3 Å². The van der Waals surface area contributed by atoms with Gasteiger partial charge in [-0.05, 0) is 48.8 Å². The van der Waals surface area contributed by atoms with Gasteiger partial charge >= 0.3 is 12.0 Å². The highest BCUT2D eigenvalue weighted by molar-refractivity contribution is 7.98. The lowest BCUT2D eigenvalue weighted by atomic mass is 10.2. The number of pyridine rings is 1. The van der Waals surface area contributed by atoms with E-state index in [0.717, 1.165) is 5.56 Å². The number of thioether (sulfide) groups is 1. The Kier molecular flexibility index (Phi) is 5.92. The van der Waals surface area contributed by atoms with Crippen molar-refractivity contribution in [3.8, 4) is 11.5 Å². The fourth-order valence-electron chi connectivity index (χ4n) is 2.44. The standard InChI is InChI=1S/C18H18N4O4S/c1-27-9-6-13(17(23)24)22-18(25)20-12-2-3-15-14(10-12)21-16(26-15)11-4-7-19-8-5-11/h2-5,7-8,10,13H,6,9H2,1H3,(H,23,24)(H2,20,22,25). The number of aliphatic carboxylic acids is 1. The van der Waals surface area contributed by atoms with E-state index < -0.39 is 18.0 Å². The van der Waals surface area contributed by atoms with Gasteiger partial charge in [0.2, 0.25) is 5.89 Å². The number of nitrogens with zero attached hydrogens (tertiary/aromatic N) is 2. The third-order valence-corrected chi connectivity index (χ3v) is 4.43. The van der Waals surface area contributed by atoms with Gasteiger partial charge in [-0.3, -0.25) is 4.98 Å². The van der Waals surface area contributed by atoms with Gasteiger partial charge in [0, 0.05) is 23.6 Å². The lowest BCUT2D eigenvalue weighted by Crippen LogP contribution is -2.43. The van der Waals surface area contributed by atoms with Gasteiger partial charge in [0.25, 0.3) is 0 Å². The molecule has 3 rings (SSSR count). The minimum atomic E-state index is -1.06. The highest BCUT2D eigenvalue weighted by Crippen LogP contribution is 2.25. The topological polar surface area (TPSA) is 117 Å². The van der Waals surface area contributed by atoms with E-state index in [4.69, 9.17) is 4.42 Å². The largest absolute Gasteiger partial charge is 0.480 e. The summed E-state index contributed by atoms with van der Waals surface area (Å²) in [6.07, 6.45) is 5.53. The van der Waals surface area contributed by atoms with Gasteiger partial charge in [0.15, 0.2) is 5.58 Å². The molecule has 0 bridgehead atoms. The smallest absolute Gasteiger partial charge is 0.326 e. The van der Waals surface area contributed by atoms with Crippen LogP contribution in [0, 0.1) is 0 Å². The average Bonchev–Trinajstić information content (AvgIpc) is 3.09. The van der Waals surface area contributed by atoms with Gasteiger partial charge in [-0.2, -0.15) is 11.8 Å². The first kappa shape index (κ1) is 18.7. The molecule has 0 spiro atoms. The van der Waals surface area contributed by atoms with Crippen LogP contribution in [0.4, 0.5) is 10.5 Å². The van der Waals surface area contributed by atoms with Crippen molar-refractivity contribution in [3.63, 3.8) is 0 Å². The Morgan fingerprint density at radius 2 is 2.04 bits per heavy atom. The molecule has 2 amide bonds. The molecule has 1 atom stereocenters. The first-order chi connectivity index (χ1) is 13.1. The Hall–Kier alpha value is -3.07. The van der Waals surface area contributed by atoms with Crippen molar-refractivity contribution in [1.82, 2.24) is 15.3 Å². The molecular formula is C18H18N4O4S. The molecule has 0 radical (unpaired) electrons. The Morgan fingerprint density at radius 3 is 2.74 bits per heavy atom. The van der Waals surface area contributed by atoms with E-state index in [1.807, 2.05) is 6.26 Å². The SMILES string of the molecule is CSCCC(NC(=O)Nc1ccc2oc(-c3ccncc3)nc2c1)C(=O)O. The highest BCUT2D eigenvalue weighted by atomic mass is 32.2. The van der Waals surface area contributed by atoms with Gasteiger partial charge in [-0.1, -0.05) is 0 Å². The lowest BCUT2D eigenvalue weighted by Gasteiger charge is -2.14. The van der Waals surface area contributed by atoms with Gasteiger partial charge < -0.3 is 20.2 Å². The van der Waals surface area contributed by atoms with E-state index in [1.165, 1.54) is 11.8 Å². The van der Waals surface area contributed by atoms with Crippen molar-refractivity contribution in [1.29, 1.82) is 0 Å². The molecule has 8 nitrogen and oxygen atoms in total. The van der Waals surface area contributed by atoms with E-state index in [1.54, 1.807) is 42.7 Å². The maximum atomic E-state index is 12.1. The van der Waals surface area contributed by atoms with Gasteiger partial charge in [0.05, 0.1) is 0 Å². The normalized spacial score (nSPS) is 11.9. The third kappa shape index (κ3) is 4.76.